The summed E-state index contributed by atoms with van der Waals surface area (Å²) < 4.78 is 27.9. The fraction of sp³-hybridized carbons (Fsp3) is 0.208. The Labute approximate surface area is 203 Å². The van der Waals surface area contributed by atoms with Gasteiger partial charge in [-0.1, -0.05) is 36.4 Å². The lowest BCUT2D eigenvalue weighted by Gasteiger charge is -2.16. The summed E-state index contributed by atoms with van der Waals surface area (Å²) in [6, 6.07) is 16.8. The molecule has 0 saturated heterocycles. The zero-order chi connectivity index (χ0) is 24.4. The minimum atomic E-state index is -3.70. The second kappa shape index (κ2) is 12.3. The predicted octanol–water partition coefficient (Wildman–Crippen LogP) is 3.25. The second-order valence-electron chi connectivity index (χ2n) is 7.47. The van der Waals surface area contributed by atoms with Gasteiger partial charge in [-0.2, -0.15) is 11.8 Å². The maximum absolute atomic E-state index is 12.9. The molecule has 1 amide bonds. The molecule has 10 heteroatoms. The molecule has 2 aromatic carbocycles. The van der Waals surface area contributed by atoms with Crippen molar-refractivity contribution in [3.8, 4) is 11.1 Å². The van der Waals surface area contributed by atoms with Gasteiger partial charge in [0.2, 0.25) is 10.0 Å². The van der Waals surface area contributed by atoms with E-state index in [9.17, 15) is 18.0 Å². The average molecular weight is 499 g/mol. The number of pyridine rings is 1. The maximum Gasteiger partial charge on any atom is 0.266 e. The molecule has 0 aliphatic rings. The summed E-state index contributed by atoms with van der Waals surface area (Å²) in [6.07, 6.45) is 6.36. The van der Waals surface area contributed by atoms with E-state index >= 15 is 0 Å². The van der Waals surface area contributed by atoms with E-state index in [1.54, 1.807) is 42.2 Å². The molecule has 0 aliphatic carbocycles. The number of hydrazine groups is 1. The molecule has 0 fully saturated rings. The highest BCUT2D eigenvalue weighted by Crippen LogP contribution is 2.28. The number of sulfonamides is 1. The highest BCUT2D eigenvalue weighted by Gasteiger charge is 2.18. The first-order valence-electron chi connectivity index (χ1n) is 10.5. The van der Waals surface area contributed by atoms with Crippen LogP contribution in [0.3, 0.4) is 0 Å². The van der Waals surface area contributed by atoms with Gasteiger partial charge in [-0.25, -0.2) is 13.8 Å². The predicted molar refractivity (Wildman–Crippen MR) is 136 cm³/mol. The van der Waals surface area contributed by atoms with Gasteiger partial charge in [0.1, 0.15) is 6.29 Å². The molecule has 1 aromatic heterocycles. The Hall–Kier alpha value is -3.21. The summed E-state index contributed by atoms with van der Waals surface area (Å²) in [4.78, 5) is 28.1. The van der Waals surface area contributed by atoms with Crippen molar-refractivity contribution in [3.63, 3.8) is 0 Å². The molecule has 3 N–H and O–H groups in total. The minimum absolute atomic E-state index is 0.225. The van der Waals surface area contributed by atoms with Gasteiger partial charge in [-0.3, -0.25) is 19.9 Å². The number of aromatic nitrogens is 1. The van der Waals surface area contributed by atoms with Crippen LogP contribution in [-0.2, 0) is 20.6 Å². The lowest BCUT2D eigenvalue weighted by atomic mass is 9.98. The van der Waals surface area contributed by atoms with E-state index < -0.39 is 22.0 Å². The van der Waals surface area contributed by atoms with Crippen LogP contribution < -0.4 is 15.6 Å². The van der Waals surface area contributed by atoms with Crippen LogP contribution in [0.4, 0.5) is 5.69 Å². The largest absolute Gasteiger partial charge is 0.302 e. The van der Waals surface area contributed by atoms with Crippen molar-refractivity contribution in [3.05, 3.63) is 84.2 Å². The van der Waals surface area contributed by atoms with Gasteiger partial charge in [0.05, 0.1) is 11.8 Å². The number of nitrogens with zero attached hydrogens (tertiary/aromatic N) is 1. The lowest BCUT2D eigenvalue weighted by molar-refractivity contribution is -0.109. The third-order valence-electron chi connectivity index (χ3n) is 4.87. The molecule has 0 spiro atoms. The standard InChI is InChI=1S/C24H26N4O4S2/c1-33-13-11-21(16-29)26-27-24(30)22-10-9-20(14-23(22)19-7-3-2-4-8-19)28-34(31,32)17-18-6-5-12-25-15-18/h2-10,12,14-16,21,26,28H,11,13,17H2,1H3,(H,27,30). The molecule has 0 saturated carbocycles. The van der Waals surface area contributed by atoms with Gasteiger partial charge in [0, 0.05) is 23.6 Å². The van der Waals surface area contributed by atoms with Crippen molar-refractivity contribution in [2.24, 2.45) is 0 Å². The molecule has 34 heavy (non-hydrogen) atoms. The van der Waals surface area contributed by atoms with Crippen LogP contribution in [0.15, 0.2) is 73.1 Å². The van der Waals surface area contributed by atoms with Gasteiger partial charge in [0.25, 0.3) is 5.91 Å². The first-order valence-corrected chi connectivity index (χ1v) is 13.6. The fourth-order valence-corrected chi connectivity index (χ4v) is 4.88. The van der Waals surface area contributed by atoms with Crippen LogP contribution in [0.25, 0.3) is 11.1 Å². The molecule has 1 atom stereocenters. The van der Waals surface area contributed by atoms with Gasteiger partial charge in [-0.05, 0) is 59.4 Å². The van der Waals surface area contributed by atoms with Crippen molar-refractivity contribution < 1.29 is 18.0 Å². The number of hydrogen-bond donors (Lipinski definition) is 3. The van der Waals surface area contributed by atoms with Gasteiger partial charge in [0.15, 0.2) is 0 Å². The van der Waals surface area contributed by atoms with E-state index in [4.69, 9.17) is 0 Å². The van der Waals surface area contributed by atoms with Crippen molar-refractivity contribution in [1.82, 2.24) is 15.8 Å². The third kappa shape index (κ3) is 7.41. The number of benzene rings is 2. The minimum Gasteiger partial charge on any atom is -0.302 e. The summed E-state index contributed by atoms with van der Waals surface area (Å²) in [5.41, 5.74) is 7.88. The molecule has 3 aromatic rings. The number of carbonyl (C=O) groups is 2. The Morgan fingerprint density at radius 1 is 1.12 bits per heavy atom. The number of aldehydes is 1. The van der Waals surface area contributed by atoms with Crippen molar-refractivity contribution >= 4 is 39.7 Å². The molecule has 1 heterocycles. The summed E-state index contributed by atoms with van der Waals surface area (Å²) in [7, 11) is -3.70. The first-order chi connectivity index (χ1) is 16.4. The average Bonchev–Trinajstić information content (AvgIpc) is 2.84. The van der Waals surface area contributed by atoms with Crippen LogP contribution in [0.1, 0.15) is 22.3 Å². The number of anilines is 1. The topological polar surface area (TPSA) is 117 Å². The van der Waals surface area contributed by atoms with Gasteiger partial charge >= 0.3 is 0 Å². The van der Waals surface area contributed by atoms with Crippen LogP contribution in [0, 0.1) is 0 Å². The smallest absolute Gasteiger partial charge is 0.266 e. The number of carbonyl (C=O) groups excluding carboxylic acids is 2. The second-order valence-corrected chi connectivity index (χ2v) is 10.2. The number of nitrogens with one attached hydrogen (secondary N) is 3. The molecule has 0 bridgehead atoms. The van der Waals surface area contributed by atoms with E-state index in [0.29, 0.717) is 28.8 Å². The lowest BCUT2D eigenvalue weighted by Crippen LogP contribution is -2.45. The van der Waals surface area contributed by atoms with E-state index in [0.717, 1.165) is 17.6 Å². The number of amides is 1. The number of thioether (sulfide) groups is 1. The Bertz CT molecular complexity index is 1210. The number of hydrogen-bond acceptors (Lipinski definition) is 7. The third-order valence-corrected chi connectivity index (χ3v) is 6.77. The Kier molecular flexibility index (Phi) is 9.20. The summed E-state index contributed by atoms with van der Waals surface area (Å²) in [5.74, 6) is 0.117. The van der Waals surface area contributed by atoms with Crippen molar-refractivity contribution in [2.75, 3.05) is 16.7 Å². The highest BCUT2D eigenvalue weighted by molar-refractivity contribution is 7.98. The first kappa shape index (κ1) is 25.4. The van der Waals surface area contributed by atoms with Gasteiger partial charge in [-0.15, -0.1) is 0 Å². The Morgan fingerprint density at radius 2 is 1.91 bits per heavy atom. The summed E-state index contributed by atoms with van der Waals surface area (Å²) in [5, 5.41) is 0. The highest BCUT2D eigenvalue weighted by atomic mass is 32.2. The Morgan fingerprint density at radius 3 is 2.59 bits per heavy atom. The van der Waals surface area contributed by atoms with Gasteiger partial charge < -0.3 is 4.79 Å². The molecule has 1 unspecified atom stereocenters. The molecular weight excluding hydrogens is 472 g/mol. The summed E-state index contributed by atoms with van der Waals surface area (Å²) in [6.45, 7) is 0. The van der Waals surface area contributed by atoms with E-state index in [1.807, 2.05) is 36.6 Å². The molecule has 0 aliphatic heterocycles. The van der Waals surface area contributed by atoms with E-state index in [1.165, 1.54) is 12.3 Å². The monoisotopic (exact) mass is 498 g/mol. The molecule has 0 radical (unpaired) electrons. The zero-order valence-corrected chi connectivity index (χ0v) is 20.2. The maximum atomic E-state index is 12.9. The molecule has 178 valence electrons. The summed E-state index contributed by atoms with van der Waals surface area (Å²) >= 11 is 1.61. The SMILES string of the molecule is CSCCC(C=O)NNC(=O)c1ccc(NS(=O)(=O)Cc2cccnc2)cc1-c1ccccc1. The quantitative estimate of drug-likeness (QED) is 0.259. The van der Waals surface area contributed by atoms with E-state index in [-0.39, 0.29) is 5.75 Å². The van der Waals surface area contributed by atoms with Crippen LogP contribution in [-0.4, -0.2) is 43.6 Å². The van der Waals surface area contributed by atoms with Crippen molar-refractivity contribution in [2.45, 2.75) is 18.2 Å². The number of rotatable bonds is 12. The zero-order valence-electron chi connectivity index (χ0n) is 18.6. The normalized spacial score (nSPS) is 12.0. The van der Waals surface area contributed by atoms with Crippen LogP contribution in [0.5, 0.6) is 0 Å². The Balaban J connectivity index is 1.83. The fourth-order valence-electron chi connectivity index (χ4n) is 3.23. The molecule has 8 nitrogen and oxygen atoms in total. The van der Waals surface area contributed by atoms with Crippen LogP contribution >= 0.6 is 11.8 Å². The molecule has 3 rings (SSSR count). The van der Waals surface area contributed by atoms with Crippen LogP contribution in [0.2, 0.25) is 0 Å². The van der Waals surface area contributed by atoms with Crippen molar-refractivity contribution in [1.29, 1.82) is 0 Å². The van der Waals surface area contributed by atoms with E-state index in [2.05, 4.69) is 20.6 Å². The molecular formula is C24H26N4O4S2.